The molecule has 2 rings (SSSR count). The van der Waals surface area contributed by atoms with E-state index in [1.807, 2.05) is 24.3 Å². The fourth-order valence-corrected chi connectivity index (χ4v) is 1.74. The minimum atomic E-state index is 0.448. The Bertz CT molecular complexity index is 612. The molecule has 1 heterocycles. The van der Waals surface area contributed by atoms with Crippen molar-refractivity contribution in [2.75, 3.05) is 7.11 Å². The van der Waals surface area contributed by atoms with Crippen LogP contribution in [0.2, 0.25) is 10.0 Å². The first kappa shape index (κ1) is 12.8. The molecule has 0 aliphatic heterocycles. The zero-order chi connectivity index (χ0) is 13.0. The van der Waals surface area contributed by atoms with Crippen molar-refractivity contribution in [3.05, 3.63) is 57.8 Å². The average Bonchev–Trinajstić information content (AvgIpc) is 2.38. The number of halogens is 2. The van der Waals surface area contributed by atoms with Crippen LogP contribution in [0.25, 0.3) is 0 Å². The quantitative estimate of drug-likeness (QED) is 0.740. The van der Waals surface area contributed by atoms with E-state index >= 15 is 0 Å². The van der Waals surface area contributed by atoms with Crippen LogP contribution in [0.3, 0.4) is 0 Å². The number of hydrogen-bond donors (Lipinski definition) is 0. The van der Waals surface area contributed by atoms with Crippen LogP contribution in [-0.4, -0.2) is 12.1 Å². The summed E-state index contributed by atoms with van der Waals surface area (Å²) in [4.78, 5) is 4.06. The maximum atomic E-state index is 5.97. The third-order valence-electron chi connectivity index (χ3n) is 2.22. The third-order valence-corrected chi connectivity index (χ3v) is 2.72. The standard InChI is InChI=1S/C14H9Cl2NO/c1-18-12-5-2-10(3-6-12)4-7-14-13(16)8-11(15)9-17-14/h2-3,5-6,8-9H,1H3. The molecule has 2 nitrogen and oxygen atoms in total. The summed E-state index contributed by atoms with van der Waals surface area (Å²) in [5.41, 5.74) is 1.38. The van der Waals surface area contributed by atoms with Gasteiger partial charge in [-0.1, -0.05) is 29.1 Å². The van der Waals surface area contributed by atoms with Crippen molar-refractivity contribution in [1.29, 1.82) is 0 Å². The predicted molar refractivity (Wildman–Crippen MR) is 73.2 cm³/mol. The van der Waals surface area contributed by atoms with Crippen molar-refractivity contribution in [2.45, 2.75) is 0 Å². The van der Waals surface area contributed by atoms with Gasteiger partial charge in [0.05, 0.1) is 17.2 Å². The summed E-state index contributed by atoms with van der Waals surface area (Å²) >= 11 is 11.7. The van der Waals surface area contributed by atoms with Crippen LogP contribution in [0.5, 0.6) is 5.75 Å². The maximum absolute atomic E-state index is 5.97. The van der Waals surface area contributed by atoms with Gasteiger partial charge in [0, 0.05) is 11.8 Å². The number of nitrogens with zero attached hydrogens (tertiary/aromatic N) is 1. The highest BCUT2D eigenvalue weighted by atomic mass is 35.5. The van der Waals surface area contributed by atoms with Gasteiger partial charge in [0.15, 0.2) is 0 Å². The number of hydrogen-bond acceptors (Lipinski definition) is 2. The molecule has 0 amide bonds. The number of ether oxygens (including phenoxy) is 1. The molecule has 0 saturated heterocycles. The van der Waals surface area contributed by atoms with E-state index in [9.17, 15) is 0 Å². The van der Waals surface area contributed by atoms with Crippen LogP contribution < -0.4 is 4.74 Å². The molecule has 4 heteroatoms. The summed E-state index contributed by atoms with van der Waals surface area (Å²) in [6, 6.07) is 9.06. The Hall–Kier alpha value is -1.69. The first-order chi connectivity index (χ1) is 8.69. The smallest absolute Gasteiger partial charge is 0.132 e. The van der Waals surface area contributed by atoms with Gasteiger partial charge in [-0.25, -0.2) is 4.98 Å². The molecule has 0 spiro atoms. The van der Waals surface area contributed by atoms with Crippen LogP contribution >= 0.6 is 23.2 Å². The molecule has 0 atom stereocenters. The van der Waals surface area contributed by atoms with E-state index in [4.69, 9.17) is 27.9 Å². The summed E-state index contributed by atoms with van der Waals surface area (Å²) < 4.78 is 5.07. The van der Waals surface area contributed by atoms with Gasteiger partial charge in [0.2, 0.25) is 0 Å². The van der Waals surface area contributed by atoms with Gasteiger partial charge in [0.25, 0.3) is 0 Å². The Morgan fingerprint density at radius 1 is 1.11 bits per heavy atom. The van der Waals surface area contributed by atoms with E-state index in [0.29, 0.717) is 15.7 Å². The van der Waals surface area contributed by atoms with Crippen LogP contribution in [0, 0.1) is 11.8 Å². The van der Waals surface area contributed by atoms with Crippen LogP contribution in [0.1, 0.15) is 11.3 Å². The molecular weight excluding hydrogens is 269 g/mol. The van der Waals surface area contributed by atoms with E-state index in [2.05, 4.69) is 16.8 Å². The lowest BCUT2D eigenvalue weighted by molar-refractivity contribution is 0.415. The molecule has 0 saturated carbocycles. The van der Waals surface area contributed by atoms with Gasteiger partial charge >= 0.3 is 0 Å². The zero-order valence-electron chi connectivity index (χ0n) is 9.58. The van der Waals surface area contributed by atoms with Gasteiger partial charge in [-0.15, -0.1) is 0 Å². The maximum Gasteiger partial charge on any atom is 0.132 e. The van der Waals surface area contributed by atoms with Gasteiger partial charge in [-0.2, -0.15) is 0 Å². The Morgan fingerprint density at radius 3 is 2.44 bits per heavy atom. The Balaban J connectivity index is 2.25. The van der Waals surface area contributed by atoms with Crippen molar-refractivity contribution in [1.82, 2.24) is 4.98 Å². The number of aromatic nitrogens is 1. The first-order valence-electron chi connectivity index (χ1n) is 5.16. The molecular formula is C14H9Cl2NO. The fourth-order valence-electron chi connectivity index (χ4n) is 1.31. The van der Waals surface area contributed by atoms with Crippen LogP contribution in [-0.2, 0) is 0 Å². The van der Waals surface area contributed by atoms with Crippen molar-refractivity contribution in [2.24, 2.45) is 0 Å². The summed E-state index contributed by atoms with van der Waals surface area (Å²) in [6.07, 6.45) is 1.52. The van der Waals surface area contributed by atoms with Crippen molar-refractivity contribution < 1.29 is 4.74 Å². The van der Waals surface area contributed by atoms with E-state index < -0.39 is 0 Å². The summed E-state index contributed by atoms with van der Waals surface area (Å²) in [7, 11) is 1.62. The molecule has 0 bridgehead atoms. The SMILES string of the molecule is COc1ccc(C#Cc2ncc(Cl)cc2Cl)cc1. The normalized spacial score (nSPS) is 9.50. The highest BCUT2D eigenvalue weighted by molar-refractivity contribution is 6.35. The van der Waals surface area contributed by atoms with Gasteiger partial charge in [0.1, 0.15) is 11.4 Å². The average molecular weight is 278 g/mol. The van der Waals surface area contributed by atoms with Gasteiger partial charge in [-0.05, 0) is 36.3 Å². The predicted octanol–water partition coefficient (Wildman–Crippen LogP) is 3.80. The van der Waals surface area contributed by atoms with E-state index in [0.717, 1.165) is 11.3 Å². The third kappa shape index (κ3) is 3.16. The molecule has 0 fully saturated rings. The minimum absolute atomic E-state index is 0.448. The molecule has 1 aromatic carbocycles. The lowest BCUT2D eigenvalue weighted by Crippen LogP contribution is -1.84. The minimum Gasteiger partial charge on any atom is -0.497 e. The lowest BCUT2D eigenvalue weighted by atomic mass is 10.2. The lowest BCUT2D eigenvalue weighted by Gasteiger charge is -1.98. The number of methoxy groups -OCH3 is 1. The molecule has 18 heavy (non-hydrogen) atoms. The summed E-state index contributed by atoms with van der Waals surface area (Å²) in [5.74, 6) is 6.67. The molecule has 0 unspecified atom stereocenters. The highest BCUT2D eigenvalue weighted by Gasteiger charge is 1.99. The molecule has 2 aromatic rings. The monoisotopic (exact) mass is 277 g/mol. The largest absolute Gasteiger partial charge is 0.497 e. The van der Waals surface area contributed by atoms with E-state index in [1.54, 1.807) is 13.2 Å². The van der Waals surface area contributed by atoms with Crippen molar-refractivity contribution in [3.8, 4) is 17.6 Å². The Kier molecular flexibility index (Phi) is 4.09. The van der Waals surface area contributed by atoms with Crippen LogP contribution in [0.4, 0.5) is 0 Å². The van der Waals surface area contributed by atoms with E-state index in [1.165, 1.54) is 6.20 Å². The topological polar surface area (TPSA) is 22.1 Å². The summed E-state index contributed by atoms with van der Waals surface area (Å²) in [6.45, 7) is 0. The number of benzene rings is 1. The van der Waals surface area contributed by atoms with Crippen molar-refractivity contribution >= 4 is 23.2 Å². The first-order valence-corrected chi connectivity index (χ1v) is 5.92. The van der Waals surface area contributed by atoms with Crippen molar-refractivity contribution in [3.63, 3.8) is 0 Å². The second-order valence-electron chi connectivity index (χ2n) is 3.46. The number of rotatable bonds is 1. The second-order valence-corrected chi connectivity index (χ2v) is 4.31. The fraction of sp³-hybridized carbons (Fsp3) is 0.0714. The zero-order valence-corrected chi connectivity index (χ0v) is 11.1. The van der Waals surface area contributed by atoms with Gasteiger partial charge in [-0.3, -0.25) is 0 Å². The Labute approximate surface area is 116 Å². The molecule has 90 valence electrons. The highest BCUT2D eigenvalue weighted by Crippen LogP contribution is 2.17. The molecule has 1 aromatic heterocycles. The summed E-state index contributed by atoms with van der Waals surface area (Å²) in [5, 5.41) is 0.943. The number of pyridine rings is 1. The molecule has 0 radical (unpaired) electrons. The second kappa shape index (κ2) is 5.77. The molecule has 0 N–H and O–H groups in total. The molecule has 0 aliphatic carbocycles. The van der Waals surface area contributed by atoms with E-state index in [-0.39, 0.29) is 0 Å². The van der Waals surface area contributed by atoms with Gasteiger partial charge < -0.3 is 4.74 Å². The van der Waals surface area contributed by atoms with Crippen LogP contribution in [0.15, 0.2) is 36.5 Å². The molecule has 0 aliphatic rings. The Morgan fingerprint density at radius 2 is 1.83 bits per heavy atom.